The number of nitrogens with zero attached hydrogens (tertiary/aromatic N) is 1. The lowest BCUT2D eigenvalue weighted by molar-refractivity contribution is 0.348. The molecule has 3 nitrogen and oxygen atoms in total. The lowest BCUT2D eigenvalue weighted by Crippen LogP contribution is -2.21. The first kappa shape index (κ1) is 11.7. The zero-order valence-corrected chi connectivity index (χ0v) is 9.78. The summed E-state index contributed by atoms with van der Waals surface area (Å²) in [6, 6.07) is 9.94. The highest BCUT2D eigenvalue weighted by Crippen LogP contribution is 2.18. The minimum atomic E-state index is 0.495. The van der Waals surface area contributed by atoms with Crippen LogP contribution in [0.3, 0.4) is 0 Å². The van der Waals surface area contributed by atoms with Crippen LogP contribution in [0.25, 0.3) is 0 Å². The molecule has 3 heteroatoms. The van der Waals surface area contributed by atoms with E-state index in [1.54, 1.807) is 12.1 Å². The molecule has 1 N–H and O–H groups in total. The molecule has 1 aliphatic carbocycles. The fourth-order valence-corrected chi connectivity index (χ4v) is 1.47. The molecule has 2 rings (SSSR count). The highest BCUT2D eigenvalue weighted by atomic mass is 16.5. The zero-order chi connectivity index (χ0) is 12.1. The molecule has 0 spiro atoms. The van der Waals surface area contributed by atoms with E-state index in [1.807, 2.05) is 12.1 Å². The highest BCUT2D eigenvalue weighted by Gasteiger charge is 2.19. The first-order chi connectivity index (χ1) is 8.28. The molecule has 0 aromatic heterocycles. The van der Waals surface area contributed by atoms with Gasteiger partial charge in [-0.3, -0.25) is 0 Å². The summed E-state index contributed by atoms with van der Waals surface area (Å²) in [6.45, 7) is 5.26. The molecule has 0 radical (unpaired) electrons. The monoisotopic (exact) mass is 228 g/mol. The maximum atomic E-state index is 8.76. The minimum absolute atomic E-state index is 0.495. The van der Waals surface area contributed by atoms with Gasteiger partial charge in [0, 0.05) is 12.6 Å². The van der Waals surface area contributed by atoms with E-state index in [2.05, 4.69) is 18.0 Å². The molecular formula is C14H16N2O. The van der Waals surface area contributed by atoms with Crippen LogP contribution >= 0.6 is 0 Å². The Morgan fingerprint density at radius 1 is 1.53 bits per heavy atom. The molecule has 1 aromatic rings. The number of rotatable bonds is 6. The third-order valence-corrected chi connectivity index (χ3v) is 2.62. The van der Waals surface area contributed by atoms with E-state index >= 15 is 0 Å². The van der Waals surface area contributed by atoms with Crippen LogP contribution in [0.2, 0.25) is 0 Å². The molecule has 0 bridgehead atoms. The average Bonchev–Trinajstić information content (AvgIpc) is 3.18. The molecule has 0 atom stereocenters. The van der Waals surface area contributed by atoms with Crippen molar-refractivity contribution in [2.45, 2.75) is 18.9 Å². The summed E-state index contributed by atoms with van der Waals surface area (Å²) >= 11 is 0. The van der Waals surface area contributed by atoms with Crippen LogP contribution in [-0.4, -0.2) is 19.2 Å². The number of benzene rings is 1. The zero-order valence-electron chi connectivity index (χ0n) is 9.78. The van der Waals surface area contributed by atoms with Gasteiger partial charge in [0.1, 0.15) is 12.4 Å². The summed E-state index contributed by atoms with van der Waals surface area (Å²) in [6.07, 6.45) is 2.55. The predicted octanol–water partition coefficient (Wildman–Crippen LogP) is 2.25. The topological polar surface area (TPSA) is 45.0 Å². The highest BCUT2D eigenvalue weighted by molar-refractivity contribution is 5.36. The Bertz CT molecular complexity index is 444. The van der Waals surface area contributed by atoms with Crippen molar-refractivity contribution in [1.29, 1.82) is 5.26 Å². The Balaban J connectivity index is 1.76. The van der Waals surface area contributed by atoms with Gasteiger partial charge in [0.25, 0.3) is 0 Å². The van der Waals surface area contributed by atoms with Crippen LogP contribution < -0.4 is 10.1 Å². The van der Waals surface area contributed by atoms with Crippen LogP contribution in [0.4, 0.5) is 0 Å². The SMILES string of the molecule is C=C(CNC1CC1)COc1cccc(C#N)c1. The van der Waals surface area contributed by atoms with E-state index in [0.717, 1.165) is 17.9 Å². The van der Waals surface area contributed by atoms with Crippen molar-refractivity contribution in [3.05, 3.63) is 42.0 Å². The van der Waals surface area contributed by atoms with Crippen LogP contribution in [0, 0.1) is 11.3 Å². The summed E-state index contributed by atoms with van der Waals surface area (Å²) in [5.41, 5.74) is 1.64. The summed E-state index contributed by atoms with van der Waals surface area (Å²) in [5.74, 6) is 0.719. The number of hydrogen-bond acceptors (Lipinski definition) is 3. The van der Waals surface area contributed by atoms with Gasteiger partial charge in [0.05, 0.1) is 11.6 Å². The first-order valence-corrected chi connectivity index (χ1v) is 5.81. The van der Waals surface area contributed by atoms with Gasteiger partial charge in [-0.25, -0.2) is 0 Å². The number of ether oxygens (including phenoxy) is 1. The van der Waals surface area contributed by atoms with Gasteiger partial charge in [0.2, 0.25) is 0 Å². The molecule has 88 valence electrons. The van der Waals surface area contributed by atoms with Crippen molar-refractivity contribution < 1.29 is 4.74 Å². The quantitative estimate of drug-likeness (QED) is 0.759. The van der Waals surface area contributed by atoms with Gasteiger partial charge in [-0.15, -0.1) is 0 Å². The Hall–Kier alpha value is -1.79. The number of nitrogens with one attached hydrogen (secondary N) is 1. The standard InChI is InChI=1S/C14H16N2O/c1-11(9-16-13-5-6-13)10-17-14-4-2-3-12(7-14)8-15/h2-4,7,13,16H,1,5-6,9-10H2. The summed E-state index contributed by atoms with van der Waals surface area (Å²) in [4.78, 5) is 0. The molecule has 1 aromatic carbocycles. The fourth-order valence-electron chi connectivity index (χ4n) is 1.47. The van der Waals surface area contributed by atoms with E-state index in [9.17, 15) is 0 Å². The second-order valence-electron chi connectivity index (χ2n) is 4.33. The van der Waals surface area contributed by atoms with E-state index in [4.69, 9.17) is 10.00 Å². The summed E-state index contributed by atoms with van der Waals surface area (Å²) in [7, 11) is 0. The Morgan fingerprint density at radius 2 is 2.35 bits per heavy atom. The summed E-state index contributed by atoms with van der Waals surface area (Å²) in [5, 5.41) is 12.1. The normalized spacial score (nSPS) is 14.1. The van der Waals surface area contributed by atoms with E-state index in [0.29, 0.717) is 18.2 Å². The lowest BCUT2D eigenvalue weighted by Gasteiger charge is -2.09. The van der Waals surface area contributed by atoms with Gasteiger partial charge in [0.15, 0.2) is 0 Å². The molecule has 0 aliphatic heterocycles. The fraction of sp³-hybridized carbons (Fsp3) is 0.357. The van der Waals surface area contributed by atoms with Gasteiger partial charge >= 0.3 is 0 Å². The molecule has 1 saturated carbocycles. The van der Waals surface area contributed by atoms with Crippen molar-refractivity contribution in [3.8, 4) is 11.8 Å². The molecule has 0 heterocycles. The van der Waals surface area contributed by atoms with Crippen molar-refractivity contribution in [3.63, 3.8) is 0 Å². The van der Waals surface area contributed by atoms with Crippen molar-refractivity contribution in [2.75, 3.05) is 13.2 Å². The molecule has 1 aliphatic rings. The molecule has 0 saturated heterocycles. The minimum Gasteiger partial charge on any atom is -0.489 e. The van der Waals surface area contributed by atoms with E-state index < -0.39 is 0 Å². The van der Waals surface area contributed by atoms with Gasteiger partial charge in [-0.2, -0.15) is 5.26 Å². The van der Waals surface area contributed by atoms with Crippen LogP contribution in [0.1, 0.15) is 18.4 Å². The van der Waals surface area contributed by atoms with Crippen molar-refractivity contribution in [1.82, 2.24) is 5.32 Å². The molecule has 0 amide bonds. The van der Waals surface area contributed by atoms with Gasteiger partial charge < -0.3 is 10.1 Å². The number of hydrogen-bond donors (Lipinski definition) is 1. The second-order valence-corrected chi connectivity index (χ2v) is 4.33. The lowest BCUT2D eigenvalue weighted by atomic mass is 10.2. The largest absolute Gasteiger partial charge is 0.489 e. The third kappa shape index (κ3) is 3.93. The van der Waals surface area contributed by atoms with E-state index in [-0.39, 0.29) is 0 Å². The Morgan fingerprint density at radius 3 is 3.06 bits per heavy atom. The van der Waals surface area contributed by atoms with Gasteiger partial charge in [-0.1, -0.05) is 12.6 Å². The Kier molecular flexibility index (Phi) is 3.79. The van der Waals surface area contributed by atoms with Crippen molar-refractivity contribution >= 4 is 0 Å². The van der Waals surface area contributed by atoms with Crippen LogP contribution in [-0.2, 0) is 0 Å². The molecule has 0 unspecified atom stereocenters. The maximum Gasteiger partial charge on any atom is 0.121 e. The van der Waals surface area contributed by atoms with Gasteiger partial charge in [-0.05, 0) is 36.6 Å². The summed E-state index contributed by atoms with van der Waals surface area (Å²) < 4.78 is 5.57. The predicted molar refractivity (Wildman–Crippen MR) is 66.8 cm³/mol. The first-order valence-electron chi connectivity index (χ1n) is 5.81. The average molecular weight is 228 g/mol. The van der Waals surface area contributed by atoms with Crippen molar-refractivity contribution in [2.24, 2.45) is 0 Å². The van der Waals surface area contributed by atoms with E-state index in [1.165, 1.54) is 12.8 Å². The third-order valence-electron chi connectivity index (χ3n) is 2.62. The molecule has 1 fully saturated rings. The smallest absolute Gasteiger partial charge is 0.121 e. The van der Waals surface area contributed by atoms with Crippen LogP contribution in [0.5, 0.6) is 5.75 Å². The van der Waals surface area contributed by atoms with Crippen LogP contribution in [0.15, 0.2) is 36.4 Å². The Labute approximate surface area is 102 Å². The molecular weight excluding hydrogens is 212 g/mol. The maximum absolute atomic E-state index is 8.76. The second kappa shape index (κ2) is 5.51. The molecule has 17 heavy (non-hydrogen) atoms. The number of nitriles is 1.